The monoisotopic (exact) mass is 642 g/mol. The zero-order valence-corrected chi connectivity index (χ0v) is 29.1. The van der Waals surface area contributed by atoms with Crippen molar-refractivity contribution in [2.75, 3.05) is 0 Å². The lowest BCUT2D eigenvalue weighted by Gasteiger charge is -2.36. The summed E-state index contributed by atoms with van der Waals surface area (Å²) >= 11 is 0. The molecule has 0 aromatic heterocycles. The molecule has 10 nitrogen and oxygen atoms in total. The van der Waals surface area contributed by atoms with Gasteiger partial charge in [-0.05, 0) is 115 Å². The van der Waals surface area contributed by atoms with Crippen molar-refractivity contribution in [3.05, 3.63) is 60.2 Å². The fourth-order valence-electron chi connectivity index (χ4n) is 5.23. The minimum Gasteiger partial charge on any atom is -0.458 e. The molecule has 0 heterocycles. The molecular formula is C37H46N4O6. The Kier molecular flexibility index (Phi) is 8.83. The van der Waals surface area contributed by atoms with Gasteiger partial charge in [-0.25, -0.2) is 4.79 Å². The van der Waals surface area contributed by atoms with Gasteiger partial charge in [0.15, 0.2) is 0 Å². The molecule has 0 saturated carbocycles. The Hall–Kier alpha value is -4.73. The van der Waals surface area contributed by atoms with Crippen LogP contribution < -0.4 is 21.3 Å². The Bertz CT molecular complexity index is 1880. The number of rotatable bonds is 9. The van der Waals surface area contributed by atoms with Gasteiger partial charge in [0.2, 0.25) is 17.7 Å². The molecule has 4 aromatic carbocycles. The van der Waals surface area contributed by atoms with E-state index in [1.165, 1.54) is 41.5 Å². The minimum absolute atomic E-state index is 0.427. The molecule has 250 valence electrons. The largest absolute Gasteiger partial charge is 0.458 e. The van der Waals surface area contributed by atoms with Crippen molar-refractivity contribution in [1.29, 1.82) is 0 Å². The zero-order valence-electron chi connectivity index (χ0n) is 29.1. The van der Waals surface area contributed by atoms with E-state index >= 15 is 0 Å². The SMILES string of the molecule is CC(C)(C)OC(=O)C(C)(C)NC(=O)C(C)(C)NC(=O)C(C)(C)NC(=O)C(C)(C)NC(=O)c1ccc2ccc3cccc4ccc1c2c34. The van der Waals surface area contributed by atoms with Gasteiger partial charge in [-0.2, -0.15) is 0 Å². The van der Waals surface area contributed by atoms with Crippen molar-refractivity contribution in [2.24, 2.45) is 0 Å². The molecule has 4 amide bonds. The van der Waals surface area contributed by atoms with Crippen LogP contribution in [-0.2, 0) is 23.9 Å². The van der Waals surface area contributed by atoms with E-state index in [4.69, 9.17) is 4.74 Å². The minimum atomic E-state index is -1.48. The van der Waals surface area contributed by atoms with E-state index in [0.29, 0.717) is 5.56 Å². The maximum absolute atomic E-state index is 13.7. The fraction of sp³-hybridized carbons (Fsp3) is 0.432. The summed E-state index contributed by atoms with van der Waals surface area (Å²) in [5.41, 5.74) is -6.05. The van der Waals surface area contributed by atoms with Gasteiger partial charge in [-0.15, -0.1) is 0 Å². The summed E-state index contributed by atoms with van der Waals surface area (Å²) in [5, 5.41) is 16.9. The van der Waals surface area contributed by atoms with Gasteiger partial charge in [0.1, 0.15) is 27.8 Å². The summed E-state index contributed by atoms with van der Waals surface area (Å²) in [5.74, 6) is -2.92. The van der Waals surface area contributed by atoms with Crippen LogP contribution in [0.25, 0.3) is 32.3 Å². The van der Waals surface area contributed by atoms with Gasteiger partial charge in [0, 0.05) is 5.56 Å². The molecule has 0 fully saturated rings. The number of carbonyl (C=O) groups excluding carboxylic acids is 5. The van der Waals surface area contributed by atoms with E-state index in [9.17, 15) is 24.0 Å². The van der Waals surface area contributed by atoms with Crippen molar-refractivity contribution in [1.82, 2.24) is 21.3 Å². The number of nitrogens with one attached hydrogen (secondary N) is 4. The summed E-state index contributed by atoms with van der Waals surface area (Å²) in [6.07, 6.45) is 0. The lowest BCUT2D eigenvalue weighted by atomic mass is 9.91. The van der Waals surface area contributed by atoms with Crippen LogP contribution in [-0.4, -0.2) is 57.4 Å². The molecule has 0 aliphatic rings. The summed E-state index contributed by atoms with van der Waals surface area (Å²) in [6.45, 7) is 17.3. The maximum Gasteiger partial charge on any atom is 0.331 e. The lowest BCUT2D eigenvalue weighted by molar-refractivity contribution is -0.163. The Morgan fingerprint density at radius 2 is 0.894 bits per heavy atom. The third-order valence-electron chi connectivity index (χ3n) is 8.09. The highest BCUT2D eigenvalue weighted by atomic mass is 16.6. The van der Waals surface area contributed by atoms with E-state index in [0.717, 1.165) is 32.3 Å². The predicted octanol–water partition coefficient (Wildman–Crippen LogP) is 5.12. The number of hydrogen-bond acceptors (Lipinski definition) is 6. The second kappa shape index (κ2) is 11.8. The van der Waals surface area contributed by atoms with Crippen LogP contribution in [0.15, 0.2) is 54.6 Å². The molecular weight excluding hydrogens is 596 g/mol. The van der Waals surface area contributed by atoms with Gasteiger partial charge in [0.05, 0.1) is 0 Å². The predicted molar refractivity (Wildman–Crippen MR) is 184 cm³/mol. The van der Waals surface area contributed by atoms with Crippen LogP contribution in [0.3, 0.4) is 0 Å². The van der Waals surface area contributed by atoms with E-state index < -0.39 is 57.4 Å². The zero-order chi connectivity index (χ0) is 35.3. The van der Waals surface area contributed by atoms with E-state index in [1.807, 2.05) is 42.5 Å². The molecule has 0 radical (unpaired) electrons. The topological polar surface area (TPSA) is 143 Å². The molecule has 0 aliphatic heterocycles. The average Bonchev–Trinajstić information content (AvgIpc) is 2.94. The highest BCUT2D eigenvalue weighted by Gasteiger charge is 2.43. The van der Waals surface area contributed by atoms with Crippen molar-refractivity contribution < 1.29 is 28.7 Å². The average molecular weight is 643 g/mol. The summed E-state index contributed by atoms with van der Waals surface area (Å²) in [4.78, 5) is 66.4. The number of hydrogen-bond donors (Lipinski definition) is 4. The normalized spacial score (nSPS) is 13.0. The van der Waals surface area contributed by atoms with Gasteiger partial charge < -0.3 is 26.0 Å². The molecule has 0 unspecified atom stereocenters. The molecule has 4 rings (SSSR count). The van der Waals surface area contributed by atoms with Crippen LogP contribution in [0.5, 0.6) is 0 Å². The van der Waals surface area contributed by atoms with Crippen molar-refractivity contribution >= 4 is 61.9 Å². The fourth-order valence-corrected chi connectivity index (χ4v) is 5.23. The Labute approximate surface area is 275 Å². The Morgan fingerprint density at radius 3 is 1.38 bits per heavy atom. The van der Waals surface area contributed by atoms with Crippen LogP contribution in [0.4, 0.5) is 0 Å². The highest BCUT2D eigenvalue weighted by molar-refractivity contribution is 6.26. The molecule has 0 spiro atoms. The third kappa shape index (κ3) is 7.32. The molecule has 10 heteroatoms. The van der Waals surface area contributed by atoms with Crippen molar-refractivity contribution in [2.45, 2.75) is 104 Å². The first kappa shape index (κ1) is 35.1. The number of esters is 1. The van der Waals surface area contributed by atoms with E-state index in [2.05, 4.69) is 27.3 Å². The number of amides is 4. The summed E-state index contributed by atoms with van der Waals surface area (Å²) in [7, 11) is 0. The van der Waals surface area contributed by atoms with Crippen LogP contribution in [0.1, 0.15) is 86.5 Å². The first-order valence-corrected chi connectivity index (χ1v) is 15.7. The Morgan fingerprint density at radius 1 is 0.489 bits per heavy atom. The number of carbonyl (C=O) groups is 5. The lowest BCUT2D eigenvalue weighted by Crippen LogP contribution is -2.67. The molecule has 0 aliphatic carbocycles. The van der Waals surface area contributed by atoms with E-state index in [1.54, 1.807) is 40.7 Å². The summed E-state index contributed by atoms with van der Waals surface area (Å²) in [6, 6.07) is 17.7. The first-order valence-electron chi connectivity index (χ1n) is 15.7. The van der Waals surface area contributed by atoms with Gasteiger partial charge >= 0.3 is 5.97 Å². The third-order valence-corrected chi connectivity index (χ3v) is 8.09. The molecule has 47 heavy (non-hydrogen) atoms. The second-order valence-electron chi connectivity index (χ2n) is 15.3. The second-order valence-corrected chi connectivity index (χ2v) is 15.3. The molecule has 0 saturated heterocycles. The van der Waals surface area contributed by atoms with Crippen molar-refractivity contribution in [3.63, 3.8) is 0 Å². The van der Waals surface area contributed by atoms with E-state index in [-0.39, 0.29) is 0 Å². The molecule has 0 atom stereocenters. The Balaban J connectivity index is 1.46. The van der Waals surface area contributed by atoms with Gasteiger partial charge in [-0.1, -0.05) is 48.5 Å². The van der Waals surface area contributed by atoms with Crippen LogP contribution >= 0.6 is 0 Å². The molecule has 4 aromatic rings. The number of benzene rings is 4. The first-order chi connectivity index (χ1) is 21.4. The van der Waals surface area contributed by atoms with Crippen LogP contribution in [0, 0.1) is 0 Å². The summed E-state index contributed by atoms with van der Waals surface area (Å²) < 4.78 is 5.41. The van der Waals surface area contributed by atoms with Gasteiger partial charge in [-0.3, -0.25) is 19.2 Å². The van der Waals surface area contributed by atoms with Crippen LogP contribution in [0.2, 0.25) is 0 Å². The molecule has 0 bridgehead atoms. The quantitative estimate of drug-likeness (QED) is 0.148. The van der Waals surface area contributed by atoms with Crippen molar-refractivity contribution in [3.8, 4) is 0 Å². The smallest absolute Gasteiger partial charge is 0.331 e. The standard InChI is InChI=1S/C37H46N4O6/c1-33(2,3)47-32(46)37(10,11)41-31(45)36(8,9)40-30(44)35(6,7)39-29(43)34(4,5)38-28(42)25-20-18-23-16-15-21-13-12-14-22-17-19-24(25)27(23)26(21)22/h12-20H,1-11H3,(H,38,42)(H,39,43)(H,40,44)(H,41,45). The maximum atomic E-state index is 13.7. The molecule has 4 N–H and O–H groups in total. The number of ether oxygens (including phenoxy) is 1. The van der Waals surface area contributed by atoms with Gasteiger partial charge in [0.25, 0.3) is 5.91 Å². The highest BCUT2D eigenvalue weighted by Crippen LogP contribution is 2.36.